The van der Waals surface area contributed by atoms with E-state index in [1.165, 1.54) is 32.1 Å². The molecule has 1 heterocycles. The lowest BCUT2D eigenvalue weighted by Crippen LogP contribution is -2.56. The summed E-state index contributed by atoms with van der Waals surface area (Å²) in [6.45, 7) is 3.35. The molecule has 25 heavy (non-hydrogen) atoms. The Hall–Kier alpha value is -2.16. The van der Waals surface area contributed by atoms with E-state index in [1.807, 2.05) is 6.07 Å². The van der Waals surface area contributed by atoms with Crippen LogP contribution in [0, 0.1) is 48.9 Å². The van der Waals surface area contributed by atoms with E-state index in [4.69, 9.17) is 0 Å². The second-order valence-corrected chi connectivity index (χ2v) is 8.18. The summed E-state index contributed by atoms with van der Waals surface area (Å²) in [5.74, 6) is 2.74. The molecule has 1 aromatic heterocycles. The average molecular weight is 340 g/mol. The number of aryl methyl sites for hydroxylation is 1. The number of carbonyl (C=O) groups is 1. The van der Waals surface area contributed by atoms with Crippen molar-refractivity contribution in [1.29, 1.82) is 5.26 Å². The molecular weight excluding hydrogens is 316 g/mol. The molecule has 4 saturated carbocycles. The normalized spacial score (nSPS) is 32.4. The molecule has 1 N–H and O–H groups in total. The molecule has 4 aliphatic carbocycles. The van der Waals surface area contributed by atoms with Crippen molar-refractivity contribution < 1.29 is 4.79 Å². The fourth-order valence-corrected chi connectivity index (χ4v) is 5.54. The predicted molar refractivity (Wildman–Crippen MR) is 91.7 cm³/mol. The van der Waals surface area contributed by atoms with Gasteiger partial charge in [-0.25, -0.2) is 4.68 Å². The highest BCUT2D eigenvalue weighted by Gasteiger charge is 2.48. The Balaban J connectivity index is 1.49. The SMILES string of the molecule is Cc1nn(CC(=O)NC2C3CC4CC(C3)CC2C4)c(=O)c(C#N)c1C. The van der Waals surface area contributed by atoms with Crippen LogP contribution in [0.2, 0.25) is 0 Å². The van der Waals surface area contributed by atoms with Gasteiger partial charge in [0.1, 0.15) is 18.2 Å². The lowest BCUT2D eigenvalue weighted by atomic mass is 9.54. The average Bonchev–Trinajstić information content (AvgIpc) is 2.56. The van der Waals surface area contributed by atoms with Crippen molar-refractivity contribution in [2.75, 3.05) is 0 Å². The third-order valence-corrected chi connectivity index (χ3v) is 6.60. The van der Waals surface area contributed by atoms with Gasteiger partial charge < -0.3 is 5.32 Å². The van der Waals surface area contributed by atoms with Crippen LogP contribution in [0.15, 0.2) is 4.79 Å². The van der Waals surface area contributed by atoms with Crippen LogP contribution < -0.4 is 10.9 Å². The highest BCUT2D eigenvalue weighted by molar-refractivity contribution is 5.76. The van der Waals surface area contributed by atoms with Crippen LogP contribution in [0.25, 0.3) is 0 Å². The zero-order chi connectivity index (χ0) is 17.7. The number of nitrogens with zero attached hydrogens (tertiary/aromatic N) is 3. The maximum absolute atomic E-state index is 12.6. The smallest absolute Gasteiger partial charge is 0.285 e. The summed E-state index contributed by atoms with van der Waals surface area (Å²) < 4.78 is 1.13. The molecule has 4 bridgehead atoms. The number of rotatable bonds is 3. The van der Waals surface area contributed by atoms with Gasteiger partial charge >= 0.3 is 0 Å². The van der Waals surface area contributed by atoms with Gasteiger partial charge in [-0.05, 0) is 75.2 Å². The first-order valence-corrected chi connectivity index (χ1v) is 9.24. The molecule has 6 nitrogen and oxygen atoms in total. The third kappa shape index (κ3) is 2.76. The minimum absolute atomic E-state index is 0.0786. The lowest BCUT2D eigenvalue weighted by Gasteiger charge is -2.54. The van der Waals surface area contributed by atoms with Gasteiger partial charge in [-0.3, -0.25) is 9.59 Å². The molecule has 0 unspecified atom stereocenters. The highest BCUT2D eigenvalue weighted by atomic mass is 16.2. The van der Waals surface area contributed by atoms with E-state index >= 15 is 0 Å². The van der Waals surface area contributed by atoms with E-state index < -0.39 is 5.56 Å². The summed E-state index contributed by atoms with van der Waals surface area (Å²) in [6, 6.07) is 2.18. The highest BCUT2D eigenvalue weighted by Crippen LogP contribution is 2.53. The largest absolute Gasteiger partial charge is 0.351 e. The lowest BCUT2D eigenvalue weighted by molar-refractivity contribution is -0.125. The zero-order valence-electron chi connectivity index (χ0n) is 14.8. The van der Waals surface area contributed by atoms with Crippen LogP contribution in [0.3, 0.4) is 0 Å². The van der Waals surface area contributed by atoms with E-state index in [-0.39, 0.29) is 24.1 Å². The summed E-state index contributed by atoms with van der Waals surface area (Å²) in [6.07, 6.45) is 6.32. The first-order chi connectivity index (χ1) is 12.0. The van der Waals surface area contributed by atoms with Gasteiger partial charge in [-0.15, -0.1) is 0 Å². The van der Waals surface area contributed by atoms with Crippen molar-refractivity contribution >= 4 is 5.91 Å². The third-order valence-electron chi connectivity index (χ3n) is 6.60. The number of nitrogens with one attached hydrogen (secondary N) is 1. The number of aromatic nitrogens is 2. The molecule has 1 amide bonds. The van der Waals surface area contributed by atoms with Crippen molar-refractivity contribution in [2.24, 2.45) is 23.7 Å². The first-order valence-electron chi connectivity index (χ1n) is 9.24. The van der Waals surface area contributed by atoms with Crippen molar-refractivity contribution in [1.82, 2.24) is 15.1 Å². The van der Waals surface area contributed by atoms with Gasteiger partial charge in [-0.2, -0.15) is 10.4 Å². The molecule has 0 spiro atoms. The van der Waals surface area contributed by atoms with Gasteiger partial charge in [0.25, 0.3) is 5.56 Å². The van der Waals surface area contributed by atoms with Gasteiger partial charge in [0.2, 0.25) is 5.91 Å². The van der Waals surface area contributed by atoms with Crippen LogP contribution >= 0.6 is 0 Å². The minimum atomic E-state index is -0.481. The van der Waals surface area contributed by atoms with E-state index in [1.54, 1.807) is 13.8 Å². The second kappa shape index (κ2) is 5.98. The Labute approximate surface area is 147 Å². The van der Waals surface area contributed by atoms with E-state index in [0.29, 0.717) is 23.1 Å². The molecule has 0 aromatic carbocycles. The Morgan fingerprint density at radius 2 is 1.80 bits per heavy atom. The molecular formula is C19H24N4O2. The van der Waals surface area contributed by atoms with Gasteiger partial charge in [-0.1, -0.05) is 0 Å². The number of nitriles is 1. The number of amides is 1. The van der Waals surface area contributed by atoms with Crippen molar-refractivity contribution in [2.45, 2.75) is 58.5 Å². The summed E-state index contributed by atoms with van der Waals surface area (Å²) in [4.78, 5) is 24.9. The van der Waals surface area contributed by atoms with Crippen molar-refractivity contribution in [3.63, 3.8) is 0 Å². The van der Waals surface area contributed by atoms with Crippen LogP contribution in [0.5, 0.6) is 0 Å². The predicted octanol–water partition coefficient (Wildman–Crippen LogP) is 1.67. The number of carbonyl (C=O) groups excluding carboxylic acids is 1. The molecule has 4 fully saturated rings. The van der Waals surface area contributed by atoms with E-state index in [2.05, 4.69) is 10.4 Å². The first kappa shape index (κ1) is 16.3. The zero-order valence-corrected chi connectivity index (χ0v) is 14.8. The topological polar surface area (TPSA) is 87.8 Å². The quantitative estimate of drug-likeness (QED) is 0.907. The monoisotopic (exact) mass is 340 g/mol. The Morgan fingerprint density at radius 1 is 1.20 bits per heavy atom. The van der Waals surface area contributed by atoms with E-state index in [9.17, 15) is 14.9 Å². The number of hydrogen-bond donors (Lipinski definition) is 1. The molecule has 5 rings (SSSR count). The summed E-state index contributed by atoms with van der Waals surface area (Å²) in [5, 5.41) is 16.6. The molecule has 4 aliphatic rings. The minimum Gasteiger partial charge on any atom is -0.351 e. The van der Waals surface area contributed by atoms with Crippen LogP contribution in [0.4, 0.5) is 0 Å². The fraction of sp³-hybridized carbons (Fsp3) is 0.684. The molecule has 1 aromatic rings. The van der Waals surface area contributed by atoms with Crippen molar-refractivity contribution in [3.05, 3.63) is 27.2 Å². The van der Waals surface area contributed by atoms with Crippen LogP contribution in [-0.2, 0) is 11.3 Å². The summed E-state index contributed by atoms with van der Waals surface area (Å²) in [7, 11) is 0. The van der Waals surface area contributed by atoms with E-state index in [0.717, 1.165) is 16.5 Å². The molecule has 0 radical (unpaired) electrons. The maximum atomic E-state index is 12.6. The molecule has 6 heteroatoms. The molecule has 0 aliphatic heterocycles. The Bertz CT molecular complexity index is 792. The summed E-state index contributed by atoms with van der Waals surface area (Å²) >= 11 is 0. The Morgan fingerprint density at radius 3 is 2.36 bits per heavy atom. The standard InChI is InChI=1S/C19H24N4O2/c1-10-11(2)22-23(19(25)16(10)8-20)9-17(24)21-18-14-4-12-3-13(6-14)7-15(18)5-12/h12-15,18H,3-7,9H2,1-2H3,(H,21,24). The molecule has 0 atom stereocenters. The van der Waals surface area contributed by atoms with Gasteiger partial charge in [0, 0.05) is 6.04 Å². The van der Waals surface area contributed by atoms with Gasteiger partial charge in [0.15, 0.2) is 0 Å². The van der Waals surface area contributed by atoms with Crippen LogP contribution in [-0.4, -0.2) is 21.7 Å². The fourth-order valence-electron chi connectivity index (χ4n) is 5.54. The Kier molecular flexibility index (Phi) is 3.90. The number of hydrogen-bond acceptors (Lipinski definition) is 4. The second-order valence-electron chi connectivity index (χ2n) is 8.18. The van der Waals surface area contributed by atoms with Gasteiger partial charge in [0.05, 0.1) is 5.69 Å². The molecule has 132 valence electrons. The molecule has 0 saturated heterocycles. The van der Waals surface area contributed by atoms with Crippen molar-refractivity contribution in [3.8, 4) is 6.07 Å². The van der Waals surface area contributed by atoms with Crippen LogP contribution in [0.1, 0.15) is 48.9 Å². The summed E-state index contributed by atoms with van der Waals surface area (Å²) in [5.41, 5.74) is 0.796. The maximum Gasteiger partial charge on any atom is 0.285 e.